The van der Waals surface area contributed by atoms with Crippen LogP contribution < -0.4 is 10.6 Å². The highest BCUT2D eigenvalue weighted by Gasteiger charge is 2.22. The van der Waals surface area contributed by atoms with E-state index in [0.29, 0.717) is 0 Å². The number of rotatable bonds is 3. The van der Waals surface area contributed by atoms with Crippen LogP contribution in [0.1, 0.15) is 0 Å². The minimum absolute atomic E-state index is 0. The average Bonchev–Trinajstić information content (AvgIpc) is 2.66. The average molecular weight is 254 g/mol. The molecule has 0 unspecified atom stereocenters. The third-order valence-corrected chi connectivity index (χ3v) is 2.89. The fourth-order valence-corrected chi connectivity index (χ4v) is 1.95. The van der Waals surface area contributed by atoms with E-state index in [2.05, 4.69) is 10.6 Å². The molecule has 2 amide bonds. The Hall–Kier alpha value is -0.460. The molecule has 5 nitrogen and oxygen atoms in total. The molecule has 0 spiro atoms. The van der Waals surface area contributed by atoms with E-state index in [0.717, 1.165) is 11.6 Å². The number of halogens is 1. The second-order valence-electron chi connectivity index (χ2n) is 3.28. The predicted molar refractivity (Wildman–Crippen MR) is 63.2 cm³/mol. The molecule has 1 rings (SSSR count). The normalized spacial score (nSPS) is 19.2. The summed E-state index contributed by atoms with van der Waals surface area (Å²) in [6.07, 6.45) is 0. The molecule has 0 aromatic heterocycles. The zero-order valence-electron chi connectivity index (χ0n) is 8.78. The number of hydrogen-bond acceptors (Lipinski definition) is 4. The van der Waals surface area contributed by atoms with Gasteiger partial charge in [0.25, 0.3) is 0 Å². The summed E-state index contributed by atoms with van der Waals surface area (Å²) in [5.74, 6) is 1.40. The summed E-state index contributed by atoms with van der Waals surface area (Å²) in [7, 11) is 3.33. The van der Waals surface area contributed by atoms with Crippen molar-refractivity contribution >= 4 is 36.0 Å². The molecule has 0 bridgehead atoms. The summed E-state index contributed by atoms with van der Waals surface area (Å²) in [5.41, 5.74) is 0. The third kappa shape index (κ3) is 4.72. The summed E-state index contributed by atoms with van der Waals surface area (Å²) >= 11 is 1.68. The first-order valence-electron chi connectivity index (χ1n) is 4.40. The molecule has 0 radical (unpaired) electrons. The molecular weight excluding hydrogens is 238 g/mol. The number of carbonyl (C=O) groups excluding carboxylic acids is 2. The molecule has 1 fully saturated rings. The highest BCUT2D eigenvalue weighted by Crippen LogP contribution is 2.08. The first kappa shape index (κ1) is 14.5. The van der Waals surface area contributed by atoms with E-state index in [1.54, 1.807) is 25.9 Å². The first-order chi connectivity index (χ1) is 6.61. The Morgan fingerprint density at radius 2 is 2.20 bits per heavy atom. The Bertz CT molecular complexity index is 232. The molecule has 7 heteroatoms. The van der Waals surface area contributed by atoms with E-state index >= 15 is 0 Å². The van der Waals surface area contributed by atoms with Crippen LogP contribution in [0.4, 0.5) is 0 Å². The zero-order chi connectivity index (χ0) is 10.6. The minimum Gasteiger partial charge on any atom is -0.347 e. The maximum Gasteiger partial charge on any atom is 0.241 e. The van der Waals surface area contributed by atoms with Crippen molar-refractivity contribution in [3.05, 3.63) is 0 Å². The molecule has 1 aliphatic heterocycles. The first-order valence-corrected chi connectivity index (χ1v) is 5.55. The van der Waals surface area contributed by atoms with Gasteiger partial charge in [0.1, 0.15) is 0 Å². The van der Waals surface area contributed by atoms with Gasteiger partial charge in [0.15, 0.2) is 0 Å². The molecule has 2 N–H and O–H groups in total. The fraction of sp³-hybridized carbons (Fsp3) is 0.750. The lowest BCUT2D eigenvalue weighted by Crippen LogP contribution is -2.45. The monoisotopic (exact) mass is 253 g/mol. The number of nitrogens with zero attached hydrogens (tertiary/aromatic N) is 1. The molecule has 1 atom stereocenters. The SMILES string of the molecule is CN(C)C(=O)CNC(=O)[C@H]1CSCN1.Cl. The van der Waals surface area contributed by atoms with Crippen LogP contribution in [0, 0.1) is 0 Å². The Morgan fingerprint density at radius 1 is 1.53 bits per heavy atom. The third-order valence-electron chi connectivity index (χ3n) is 1.95. The topological polar surface area (TPSA) is 61.4 Å². The van der Waals surface area contributed by atoms with Crippen LogP contribution in [0.2, 0.25) is 0 Å². The lowest BCUT2D eigenvalue weighted by Gasteiger charge is -2.13. The van der Waals surface area contributed by atoms with Crippen molar-refractivity contribution < 1.29 is 9.59 Å². The van der Waals surface area contributed by atoms with Crippen LogP contribution in [-0.4, -0.2) is 55.0 Å². The summed E-state index contributed by atoms with van der Waals surface area (Å²) in [6, 6.07) is -0.144. The highest BCUT2D eigenvalue weighted by molar-refractivity contribution is 7.99. The van der Waals surface area contributed by atoms with Crippen molar-refractivity contribution in [1.82, 2.24) is 15.5 Å². The van der Waals surface area contributed by atoms with E-state index in [9.17, 15) is 9.59 Å². The largest absolute Gasteiger partial charge is 0.347 e. The van der Waals surface area contributed by atoms with Crippen molar-refractivity contribution in [2.24, 2.45) is 0 Å². The highest BCUT2D eigenvalue weighted by atomic mass is 35.5. The second-order valence-corrected chi connectivity index (χ2v) is 4.31. The molecular formula is C8H16ClN3O2S. The standard InChI is InChI=1S/C8H15N3O2S.ClH/c1-11(2)7(12)3-9-8(13)6-4-14-5-10-6;/h6,10H,3-5H2,1-2H3,(H,9,13);1H/t6-;/m1./s1. The quantitative estimate of drug-likeness (QED) is 0.697. The van der Waals surface area contributed by atoms with Gasteiger partial charge in [0.05, 0.1) is 12.6 Å². The van der Waals surface area contributed by atoms with Crippen LogP contribution in [-0.2, 0) is 9.59 Å². The van der Waals surface area contributed by atoms with E-state index in [1.165, 1.54) is 4.90 Å². The Labute approximate surface area is 99.7 Å². The van der Waals surface area contributed by atoms with Gasteiger partial charge in [-0.2, -0.15) is 0 Å². The number of nitrogens with one attached hydrogen (secondary N) is 2. The van der Waals surface area contributed by atoms with Crippen LogP contribution in [0.3, 0.4) is 0 Å². The minimum atomic E-state index is -0.144. The van der Waals surface area contributed by atoms with Gasteiger partial charge in [-0.15, -0.1) is 24.2 Å². The molecule has 88 valence electrons. The van der Waals surface area contributed by atoms with Crippen LogP contribution in [0.25, 0.3) is 0 Å². The van der Waals surface area contributed by atoms with Gasteiger partial charge in [-0.3, -0.25) is 14.9 Å². The van der Waals surface area contributed by atoms with Crippen molar-refractivity contribution in [2.75, 3.05) is 32.3 Å². The summed E-state index contributed by atoms with van der Waals surface area (Å²) in [4.78, 5) is 24.0. The van der Waals surface area contributed by atoms with E-state index in [4.69, 9.17) is 0 Å². The summed E-state index contributed by atoms with van der Waals surface area (Å²) in [6.45, 7) is 0.0781. The lowest BCUT2D eigenvalue weighted by atomic mass is 10.3. The Balaban J connectivity index is 0.00000196. The molecule has 0 aromatic rings. The van der Waals surface area contributed by atoms with Gasteiger partial charge in [-0.25, -0.2) is 0 Å². The van der Waals surface area contributed by atoms with Gasteiger partial charge in [0, 0.05) is 25.7 Å². The Morgan fingerprint density at radius 3 is 2.67 bits per heavy atom. The molecule has 0 saturated carbocycles. The van der Waals surface area contributed by atoms with Crippen molar-refractivity contribution in [1.29, 1.82) is 0 Å². The Kier molecular flexibility index (Phi) is 6.71. The van der Waals surface area contributed by atoms with Crippen LogP contribution >= 0.6 is 24.2 Å². The maximum absolute atomic E-state index is 11.4. The van der Waals surface area contributed by atoms with Gasteiger partial charge in [-0.05, 0) is 0 Å². The summed E-state index contributed by atoms with van der Waals surface area (Å²) in [5, 5.41) is 5.64. The number of amides is 2. The second kappa shape index (κ2) is 6.92. The number of thioether (sulfide) groups is 1. The number of carbonyl (C=O) groups is 2. The molecule has 1 aliphatic rings. The van der Waals surface area contributed by atoms with Crippen molar-refractivity contribution in [3.63, 3.8) is 0 Å². The van der Waals surface area contributed by atoms with Crippen molar-refractivity contribution in [3.8, 4) is 0 Å². The van der Waals surface area contributed by atoms with Gasteiger partial charge >= 0.3 is 0 Å². The van der Waals surface area contributed by atoms with E-state index in [-0.39, 0.29) is 36.8 Å². The number of likely N-dealkylation sites (N-methyl/N-ethyl adjacent to an activating group) is 1. The lowest BCUT2D eigenvalue weighted by molar-refractivity contribution is -0.131. The van der Waals surface area contributed by atoms with Crippen LogP contribution in [0.5, 0.6) is 0 Å². The van der Waals surface area contributed by atoms with Gasteiger partial charge in [0.2, 0.25) is 11.8 Å². The number of hydrogen-bond donors (Lipinski definition) is 2. The molecule has 0 aliphatic carbocycles. The molecule has 15 heavy (non-hydrogen) atoms. The molecule has 1 heterocycles. The van der Waals surface area contributed by atoms with Crippen LogP contribution in [0.15, 0.2) is 0 Å². The van der Waals surface area contributed by atoms with E-state index < -0.39 is 0 Å². The fourth-order valence-electron chi connectivity index (χ4n) is 1.01. The maximum atomic E-state index is 11.4. The molecule has 0 aromatic carbocycles. The smallest absolute Gasteiger partial charge is 0.241 e. The predicted octanol–water partition coefficient (Wildman–Crippen LogP) is -0.725. The summed E-state index contributed by atoms with van der Waals surface area (Å²) < 4.78 is 0. The zero-order valence-corrected chi connectivity index (χ0v) is 10.4. The van der Waals surface area contributed by atoms with Gasteiger partial charge in [-0.1, -0.05) is 0 Å². The van der Waals surface area contributed by atoms with Gasteiger partial charge < -0.3 is 10.2 Å². The van der Waals surface area contributed by atoms with Crippen molar-refractivity contribution in [2.45, 2.75) is 6.04 Å². The van der Waals surface area contributed by atoms with E-state index in [1.807, 2.05) is 0 Å². The molecule has 1 saturated heterocycles.